The first kappa shape index (κ1) is 12.5. The summed E-state index contributed by atoms with van der Waals surface area (Å²) < 4.78 is 2.33. The van der Waals surface area contributed by atoms with E-state index >= 15 is 0 Å². The molecule has 0 saturated heterocycles. The van der Waals surface area contributed by atoms with Gasteiger partial charge in [-0.05, 0) is 47.2 Å². The van der Waals surface area contributed by atoms with E-state index in [2.05, 4.69) is 89.5 Å². The Morgan fingerprint density at radius 1 is 0.652 bits per heavy atom. The van der Waals surface area contributed by atoms with Gasteiger partial charge in [-0.2, -0.15) is 0 Å². The normalized spacial score (nSPS) is 11.5. The minimum absolute atomic E-state index is 1.18. The number of nitrogens with zero attached hydrogens (tertiary/aromatic N) is 1. The van der Waals surface area contributed by atoms with Crippen LogP contribution in [0, 0.1) is 6.07 Å². The molecule has 0 aliphatic heterocycles. The van der Waals surface area contributed by atoms with E-state index in [9.17, 15) is 0 Å². The van der Waals surface area contributed by atoms with Crippen molar-refractivity contribution in [3.8, 4) is 5.69 Å². The zero-order valence-corrected chi connectivity index (χ0v) is 12.5. The highest BCUT2D eigenvalue weighted by atomic mass is 15.0. The smallest absolute Gasteiger partial charge is 0.0547 e. The summed E-state index contributed by atoms with van der Waals surface area (Å²) in [5.41, 5.74) is 3.61. The van der Waals surface area contributed by atoms with Crippen LogP contribution in [0.2, 0.25) is 0 Å². The molecule has 1 heteroatoms. The molecule has 0 aliphatic rings. The van der Waals surface area contributed by atoms with Gasteiger partial charge in [0.25, 0.3) is 0 Å². The molecular formula is C22H14N. The highest BCUT2D eigenvalue weighted by molar-refractivity contribution is 6.13. The molecule has 0 saturated carbocycles. The zero-order valence-electron chi connectivity index (χ0n) is 12.5. The lowest BCUT2D eigenvalue weighted by atomic mass is 10.1. The van der Waals surface area contributed by atoms with E-state index < -0.39 is 0 Å². The molecule has 0 amide bonds. The van der Waals surface area contributed by atoms with Crippen LogP contribution in [-0.4, -0.2) is 4.57 Å². The molecule has 1 radical (unpaired) electrons. The van der Waals surface area contributed by atoms with Crippen molar-refractivity contribution < 1.29 is 0 Å². The lowest BCUT2D eigenvalue weighted by Crippen LogP contribution is -1.92. The molecule has 1 aromatic heterocycles. The lowest BCUT2D eigenvalue weighted by Gasteiger charge is -2.08. The molecule has 4 aromatic carbocycles. The van der Waals surface area contributed by atoms with Gasteiger partial charge in [-0.15, -0.1) is 0 Å². The fraction of sp³-hybridized carbons (Fsp3) is 0. The zero-order chi connectivity index (χ0) is 15.2. The van der Waals surface area contributed by atoms with Gasteiger partial charge in [-0.1, -0.05) is 54.6 Å². The Labute approximate surface area is 134 Å². The van der Waals surface area contributed by atoms with Crippen molar-refractivity contribution in [2.24, 2.45) is 0 Å². The molecule has 0 N–H and O–H groups in total. The Hall–Kier alpha value is -3.06. The van der Waals surface area contributed by atoms with Gasteiger partial charge in [0.05, 0.1) is 11.0 Å². The van der Waals surface area contributed by atoms with E-state index in [1.807, 2.05) is 6.07 Å². The first-order chi connectivity index (χ1) is 11.4. The number of para-hydroxylation sites is 1. The van der Waals surface area contributed by atoms with E-state index in [1.165, 1.54) is 38.3 Å². The molecule has 0 spiro atoms. The third-order valence-corrected chi connectivity index (χ3v) is 4.46. The first-order valence-electron chi connectivity index (χ1n) is 7.81. The number of benzene rings is 4. The van der Waals surface area contributed by atoms with E-state index in [1.54, 1.807) is 0 Å². The van der Waals surface area contributed by atoms with Gasteiger partial charge >= 0.3 is 0 Å². The van der Waals surface area contributed by atoms with Gasteiger partial charge < -0.3 is 4.57 Å². The van der Waals surface area contributed by atoms with E-state index in [-0.39, 0.29) is 0 Å². The van der Waals surface area contributed by atoms with Crippen LogP contribution in [-0.2, 0) is 0 Å². The van der Waals surface area contributed by atoms with E-state index in [0.717, 1.165) is 0 Å². The summed E-state index contributed by atoms with van der Waals surface area (Å²) in [5, 5.41) is 4.96. The topological polar surface area (TPSA) is 4.93 Å². The summed E-state index contributed by atoms with van der Waals surface area (Å²) in [4.78, 5) is 0. The van der Waals surface area contributed by atoms with Crippen LogP contribution in [0.25, 0.3) is 38.3 Å². The van der Waals surface area contributed by atoms with Crippen LogP contribution in [0.1, 0.15) is 0 Å². The van der Waals surface area contributed by atoms with Crippen LogP contribution >= 0.6 is 0 Å². The lowest BCUT2D eigenvalue weighted by molar-refractivity contribution is 1.18. The monoisotopic (exact) mass is 292 g/mol. The first-order valence-corrected chi connectivity index (χ1v) is 7.81. The molecule has 107 valence electrons. The molecule has 5 aromatic rings. The Morgan fingerprint density at radius 3 is 2.22 bits per heavy atom. The maximum Gasteiger partial charge on any atom is 0.0547 e. The summed E-state index contributed by atoms with van der Waals surface area (Å²) in [6, 6.07) is 33.3. The van der Waals surface area contributed by atoms with Gasteiger partial charge in [0.1, 0.15) is 0 Å². The van der Waals surface area contributed by atoms with Crippen molar-refractivity contribution in [2.45, 2.75) is 0 Å². The maximum atomic E-state index is 3.43. The molecule has 1 heterocycles. The standard InChI is InChI=1S/C22H14N/c1-2-10-18(11-3-1)23-21-13-7-6-12-19(21)20-14-16-8-4-5-9-17(16)15-22(20)23/h1-11,13-15H. The molecule has 0 atom stereocenters. The number of hydrogen-bond acceptors (Lipinski definition) is 0. The van der Waals surface area contributed by atoms with Crippen molar-refractivity contribution in [1.82, 2.24) is 4.57 Å². The third-order valence-electron chi connectivity index (χ3n) is 4.46. The summed E-state index contributed by atoms with van der Waals surface area (Å²) in [5.74, 6) is 0. The predicted molar refractivity (Wildman–Crippen MR) is 97.1 cm³/mol. The average Bonchev–Trinajstić information content (AvgIpc) is 2.94. The largest absolute Gasteiger partial charge is 0.309 e. The summed E-state index contributed by atoms with van der Waals surface area (Å²) in [6.07, 6.45) is 0. The Bertz CT molecular complexity index is 1150. The molecule has 0 fully saturated rings. The number of hydrogen-bond donors (Lipinski definition) is 0. The van der Waals surface area contributed by atoms with Crippen molar-refractivity contribution in [2.75, 3.05) is 0 Å². The van der Waals surface area contributed by atoms with Crippen LogP contribution in [0.15, 0.2) is 84.9 Å². The fourth-order valence-electron chi connectivity index (χ4n) is 3.43. The van der Waals surface area contributed by atoms with E-state index in [0.29, 0.717) is 0 Å². The summed E-state index contributed by atoms with van der Waals surface area (Å²) >= 11 is 0. The van der Waals surface area contributed by atoms with Gasteiger partial charge in [-0.3, -0.25) is 0 Å². The summed E-state index contributed by atoms with van der Waals surface area (Å²) in [7, 11) is 0. The number of aromatic nitrogens is 1. The average molecular weight is 292 g/mol. The molecule has 1 nitrogen and oxygen atoms in total. The van der Waals surface area contributed by atoms with Crippen LogP contribution in [0.3, 0.4) is 0 Å². The third kappa shape index (κ3) is 1.80. The van der Waals surface area contributed by atoms with Crippen molar-refractivity contribution in [3.05, 3.63) is 91.0 Å². The molecular weight excluding hydrogens is 278 g/mol. The second kappa shape index (κ2) is 4.72. The van der Waals surface area contributed by atoms with Gasteiger partial charge in [0, 0.05) is 16.5 Å². The highest BCUT2D eigenvalue weighted by Crippen LogP contribution is 2.34. The van der Waals surface area contributed by atoms with Gasteiger partial charge in [0.2, 0.25) is 0 Å². The summed E-state index contributed by atoms with van der Waals surface area (Å²) in [6.45, 7) is 0. The Kier molecular flexibility index (Phi) is 2.56. The second-order valence-electron chi connectivity index (χ2n) is 5.82. The maximum absolute atomic E-state index is 3.43. The van der Waals surface area contributed by atoms with Crippen LogP contribution in [0.5, 0.6) is 0 Å². The minimum Gasteiger partial charge on any atom is -0.309 e. The Balaban J connectivity index is 2.03. The van der Waals surface area contributed by atoms with Gasteiger partial charge in [-0.25, -0.2) is 0 Å². The predicted octanol–water partition coefficient (Wildman–Crippen LogP) is 5.74. The van der Waals surface area contributed by atoms with Crippen LogP contribution < -0.4 is 0 Å². The molecule has 0 bridgehead atoms. The number of rotatable bonds is 1. The van der Waals surface area contributed by atoms with Crippen molar-refractivity contribution >= 4 is 32.6 Å². The molecule has 0 unspecified atom stereocenters. The van der Waals surface area contributed by atoms with Gasteiger partial charge in [0.15, 0.2) is 0 Å². The quantitative estimate of drug-likeness (QED) is 0.371. The molecule has 23 heavy (non-hydrogen) atoms. The molecule has 5 rings (SSSR count). The molecule has 0 aliphatic carbocycles. The SMILES string of the molecule is [c]1cccc2c1c1cc3ccccc3cc1n2-c1ccccc1. The van der Waals surface area contributed by atoms with Crippen molar-refractivity contribution in [3.63, 3.8) is 0 Å². The highest BCUT2D eigenvalue weighted by Gasteiger charge is 2.12. The minimum atomic E-state index is 1.18. The van der Waals surface area contributed by atoms with Crippen molar-refractivity contribution in [1.29, 1.82) is 0 Å². The second-order valence-corrected chi connectivity index (χ2v) is 5.82. The number of fused-ring (bicyclic) bond motifs is 4. The fourth-order valence-corrected chi connectivity index (χ4v) is 3.43. The van der Waals surface area contributed by atoms with Crippen LogP contribution in [0.4, 0.5) is 0 Å². The Morgan fingerprint density at radius 2 is 1.39 bits per heavy atom. The van der Waals surface area contributed by atoms with E-state index in [4.69, 9.17) is 0 Å².